The second-order valence-electron chi connectivity index (χ2n) is 7.11. The molecule has 1 amide bonds. The fraction of sp³-hybridized carbons (Fsp3) is 0.120. The number of methoxy groups -OCH3 is 1. The first-order valence-electron chi connectivity index (χ1n) is 9.64. The molecule has 0 saturated heterocycles. The first-order valence-corrected chi connectivity index (χ1v) is 9.64. The third-order valence-corrected chi connectivity index (χ3v) is 5.18. The molecule has 0 spiro atoms. The maximum absolute atomic E-state index is 13.3. The molecule has 1 atom stereocenters. The van der Waals surface area contributed by atoms with Gasteiger partial charge >= 0.3 is 5.97 Å². The Labute approximate surface area is 173 Å². The van der Waals surface area contributed by atoms with Gasteiger partial charge in [-0.25, -0.2) is 4.79 Å². The molecule has 4 aromatic carbocycles. The molecule has 0 heterocycles. The van der Waals surface area contributed by atoms with Gasteiger partial charge in [-0.05, 0) is 45.3 Å². The molecule has 0 aliphatic carbocycles. The van der Waals surface area contributed by atoms with Crippen LogP contribution >= 0.6 is 0 Å². The average molecular weight is 399 g/mol. The van der Waals surface area contributed by atoms with Crippen molar-refractivity contribution in [3.63, 3.8) is 0 Å². The number of hydrogen-bond donors (Lipinski definition) is 2. The molecule has 4 aromatic rings. The maximum atomic E-state index is 13.3. The molecule has 0 fully saturated rings. The number of carbonyl (C=O) groups is 2. The SMILES string of the molecule is COc1cccc(C[C@@H](NC(=O)c2c3ccccc3cc3ccccc23)C(=O)O)c1. The van der Waals surface area contributed by atoms with Crippen LogP contribution in [-0.4, -0.2) is 30.1 Å². The molecule has 0 aromatic heterocycles. The molecule has 150 valence electrons. The van der Waals surface area contributed by atoms with Crippen LogP contribution in [0.25, 0.3) is 21.5 Å². The fourth-order valence-electron chi connectivity index (χ4n) is 3.72. The number of carboxylic acids is 1. The summed E-state index contributed by atoms with van der Waals surface area (Å²) in [5.41, 5.74) is 1.26. The predicted molar refractivity (Wildman–Crippen MR) is 117 cm³/mol. The number of carbonyl (C=O) groups excluding carboxylic acids is 1. The molecule has 0 aliphatic heterocycles. The summed E-state index contributed by atoms with van der Waals surface area (Å²) in [6.07, 6.45) is 0.154. The molecular weight excluding hydrogens is 378 g/mol. The van der Waals surface area contributed by atoms with Gasteiger partial charge in [0.25, 0.3) is 5.91 Å². The Hall–Kier alpha value is -3.86. The van der Waals surface area contributed by atoms with Gasteiger partial charge in [-0.1, -0.05) is 60.7 Å². The zero-order valence-electron chi connectivity index (χ0n) is 16.5. The van der Waals surface area contributed by atoms with Crippen molar-refractivity contribution in [3.05, 3.63) is 90.0 Å². The Kier molecular flexibility index (Phi) is 5.35. The first-order chi connectivity index (χ1) is 14.6. The van der Waals surface area contributed by atoms with Crippen molar-refractivity contribution >= 4 is 33.4 Å². The summed E-state index contributed by atoms with van der Waals surface area (Å²) < 4.78 is 5.21. The van der Waals surface area contributed by atoms with E-state index < -0.39 is 17.9 Å². The summed E-state index contributed by atoms with van der Waals surface area (Å²) in [4.78, 5) is 25.2. The van der Waals surface area contributed by atoms with Gasteiger partial charge in [-0.2, -0.15) is 0 Å². The van der Waals surface area contributed by atoms with E-state index in [-0.39, 0.29) is 6.42 Å². The maximum Gasteiger partial charge on any atom is 0.326 e. The molecule has 0 aliphatic rings. The van der Waals surface area contributed by atoms with E-state index in [1.165, 1.54) is 0 Å². The van der Waals surface area contributed by atoms with E-state index in [1.54, 1.807) is 25.3 Å². The van der Waals surface area contributed by atoms with E-state index >= 15 is 0 Å². The highest BCUT2D eigenvalue weighted by molar-refractivity contribution is 6.18. The highest BCUT2D eigenvalue weighted by Gasteiger charge is 2.23. The first kappa shape index (κ1) is 19.5. The summed E-state index contributed by atoms with van der Waals surface area (Å²) in [6, 6.07) is 23.4. The summed E-state index contributed by atoms with van der Waals surface area (Å²) >= 11 is 0. The van der Waals surface area contributed by atoms with Crippen molar-refractivity contribution < 1.29 is 19.4 Å². The third-order valence-electron chi connectivity index (χ3n) is 5.18. The molecule has 0 bridgehead atoms. The Bertz CT molecular complexity index is 1190. The van der Waals surface area contributed by atoms with Gasteiger partial charge in [-0.15, -0.1) is 0 Å². The molecular formula is C25H21NO4. The zero-order chi connectivity index (χ0) is 21.1. The van der Waals surface area contributed by atoms with Crippen molar-refractivity contribution in [1.82, 2.24) is 5.32 Å². The van der Waals surface area contributed by atoms with Gasteiger partial charge in [0.2, 0.25) is 0 Å². The van der Waals surface area contributed by atoms with Crippen LogP contribution in [0.4, 0.5) is 0 Å². The van der Waals surface area contributed by atoms with Crippen molar-refractivity contribution in [2.45, 2.75) is 12.5 Å². The van der Waals surface area contributed by atoms with E-state index in [9.17, 15) is 14.7 Å². The minimum atomic E-state index is -1.09. The smallest absolute Gasteiger partial charge is 0.326 e. The van der Waals surface area contributed by atoms with Gasteiger partial charge in [0.15, 0.2) is 0 Å². The van der Waals surface area contributed by atoms with Crippen LogP contribution in [0.5, 0.6) is 5.75 Å². The van der Waals surface area contributed by atoms with E-state index in [2.05, 4.69) is 5.32 Å². The summed E-state index contributed by atoms with van der Waals surface area (Å²) in [5, 5.41) is 15.9. The van der Waals surface area contributed by atoms with Crippen LogP contribution in [0.1, 0.15) is 15.9 Å². The molecule has 2 N–H and O–H groups in total. The van der Waals surface area contributed by atoms with Crippen LogP contribution in [0.3, 0.4) is 0 Å². The molecule has 0 unspecified atom stereocenters. The standard InChI is InChI=1S/C25H21NO4/c1-30-19-10-6-7-16(13-19)14-22(25(28)29)26-24(27)23-20-11-4-2-8-17(20)15-18-9-3-5-12-21(18)23/h2-13,15,22H,14H2,1H3,(H,26,27)(H,28,29)/t22-/m1/s1. The quantitative estimate of drug-likeness (QED) is 0.471. The minimum Gasteiger partial charge on any atom is -0.497 e. The van der Waals surface area contributed by atoms with E-state index in [0.29, 0.717) is 11.3 Å². The van der Waals surface area contributed by atoms with Crippen molar-refractivity contribution in [2.75, 3.05) is 7.11 Å². The van der Waals surface area contributed by atoms with Crippen molar-refractivity contribution in [2.24, 2.45) is 0 Å². The van der Waals surface area contributed by atoms with Gasteiger partial charge in [0.05, 0.1) is 12.7 Å². The summed E-state index contributed by atoms with van der Waals surface area (Å²) in [7, 11) is 1.56. The molecule has 30 heavy (non-hydrogen) atoms. The second-order valence-corrected chi connectivity index (χ2v) is 7.11. The van der Waals surface area contributed by atoms with E-state index in [1.807, 2.05) is 60.7 Å². The number of aliphatic carboxylic acids is 1. The van der Waals surface area contributed by atoms with Crippen LogP contribution in [0.15, 0.2) is 78.9 Å². The minimum absolute atomic E-state index is 0.154. The summed E-state index contributed by atoms with van der Waals surface area (Å²) in [6.45, 7) is 0. The third kappa shape index (κ3) is 3.82. The average Bonchev–Trinajstić information content (AvgIpc) is 2.76. The highest BCUT2D eigenvalue weighted by atomic mass is 16.5. The zero-order valence-corrected chi connectivity index (χ0v) is 16.5. The van der Waals surface area contributed by atoms with Crippen LogP contribution in [0, 0.1) is 0 Å². The molecule has 5 nitrogen and oxygen atoms in total. The Morgan fingerprint density at radius 3 is 2.13 bits per heavy atom. The van der Waals surface area contributed by atoms with E-state index in [0.717, 1.165) is 27.1 Å². The fourth-order valence-corrected chi connectivity index (χ4v) is 3.72. The van der Waals surface area contributed by atoms with Gasteiger partial charge in [0, 0.05) is 6.42 Å². The number of carboxylic acid groups (broad SMARTS) is 1. The normalized spacial score (nSPS) is 11.9. The Morgan fingerprint density at radius 1 is 0.900 bits per heavy atom. The monoisotopic (exact) mass is 399 g/mol. The molecule has 5 heteroatoms. The number of hydrogen-bond acceptors (Lipinski definition) is 3. The largest absolute Gasteiger partial charge is 0.497 e. The molecule has 0 radical (unpaired) electrons. The number of ether oxygens (including phenoxy) is 1. The number of benzene rings is 4. The van der Waals surface area contributed by atoms with Gasteiger partial charge in [0.1, 0.15) is 11.8 Å². The Balaban J connectivity index is 1.72. The number of amides is 1. The lowest BCUT2D eigenvalue weighted by molar-refractivity contribution is -0.139. The lowest BCUT2D eigenvalue weighted by Crippen LogP contribution is -2.42. The van der Waals surface area contributed by atoms with Crippen LogP contribution < -0.4 is 10.1 Å². The topological polar surface area (TPSA) is 75.6 Å². The number of fused-ring (bicyclic) bond motifs is 2. The number of nitrogens with one attached hydrogen (secondary N) is 1. The lowest BCUT2D eigenvalue weighted by atomic mass is 9.95. The Morgan fingerprint density at radius 2 is 1.53 bits per heavy atom. The number of rotatable bonds is 6. The predicted octanol–water partition coefficient (Wildman–Crippen LogP) is 4.43. The molecule has 0 saturated carbocycles. The van der Waals surface area contributed by atoms with Crippen LogP contribution in [-0.2, 0) is 11.2 Å². The van der Waals surface area contributed by atoms with E-state index in [4.69, 9.17) is 4.74 Å². The van der Waals surface area contributed by atoms with Crippen LogP contribution in [0.2, 0.25) is 0 Å². The second kappa shape index (κ2) is 8.25. The van der Waals surface area contributed by atoms with Gasteiger partial charge in [-0.3, -0.25) is 4.79 Å². The lowest BCUT2D eigenvalue weighted by Gasteiger charge is -2.17. The van der Waals surface area contributed by atoms with Gasteiger partial charge < -0.3 is 15.2 Å². The highest BCUT2D eigenvalue weighted by Crippen LogP contribution is 2.28. The molecule has 4 rings (SSSR count). The summed E-state index contributed by atoms with van der Waals surface area (Å²) in [5.74, 6) is -0.850. The van der Waals surface area contributed by atoms with Crippen molar-refractivity contribution in [1.29, 1.82) is 0 Å². The van der Waals surface area contributed by atoms with Crippen molar-refractivity contribution in [3.8, 4) is 5.75 Å².